The molecule has 0 atom stereocenters. The molecule has 19 heavy (non-hydrogen) atoms. The predicted octanol–water partition coefficient (Wildman–Crippen LogP) is 4.25. The summed E-state index contributed by atoms with van der Waals surface area (Å²) >= 11 is 0. The van der Waals surface area contributed by atoms with Crippen molar-refractivity contribution in [3.63, 3.8) is 0 Å². The molecule has 0 aromatic rings. The van der Waals surface area contributed by atoms with E-state index < -0.39 is 0 Å². The zero-order valence-corrected chi connectivity index (χ0v) is 13.6. The monoisotopic (exact) mass is 291 g/mol. The highest BCUT2D eigenvalue weighted by molar-refractivity contribution is 5.85. The first-order chi connectivity index (χ1) is 8.86. The maximum Gasteiger partial charge on any atom is 0.0431 e. The molecule has 116 valence electrons. The van der Waals surface area contributed by atoms with Gasteiger partial charge in [-0.1, -0.05) is 39.0 Å². The molecule has 1 saturated heterocycles. The summed E-state index contributed by atoms with van der Waals surface area (Å²) in [6, 6.07) is 0. The number of aliphatic hydroxyl groups excluding tert-OH is 1. The number of rotatable bonds is 10. The molecule has 1 N–H and O–H groups in total. The van der Waals surface area contributed by atoms with Crippen molar-refractivity contribution in [2.24, 2.45) is 5.92 Å². The molecular weight excluding hydrogens is 258 g/mol. The van der Waals surface area contributed by atoms with Crippen molar-refractivity contribution in [2.45, 2.75) is 71.1 Å². The Morgan fingerprint density at radius 3 is 2.26 bits per heavy atom. The van der Waals surface area contributed by atoms with Crippen LogP contribution in [0.4, 0.5) is 0 Å². The van der Waals surface area contributed by atoms with Gasteiger partial charge in [0.05, 0.1) is 0 Å². The Labute approximate surface area is 126 Å². The highest BCUT2D eigenvalue weighted by Gasteiger charge is 2.18. The number of nitrogens with zero attached hydrogens (tertiary/aromatic N) is 1. The minimum absolute atomic E-state index is 0. The maximum absolute atomic E-state index is 8.74. The minimum Gasteiger partial charge on any atom is -0.396 e. The third kappa shape index (κ3) is 9.70. The number of aliphatic hydroxyl groups is 1. The Kier molecular flexibility index (Phi) is 13.4. The number of unbranched alkanes of at least 4 members (excludes halogenated alkanes) is 5. The summed E-state index contributed by atoms with van der Waals surface area (Å²) < 4.78 is 0. The van der Waals surface area contributed by atoms with Crippen LogP contribution in [-0.4, -0.2) is 36.2 Å². The second kappa shape index (κ2) is 13.2. The quantitative estimate of drug-likeness (QED) is 0.608. The fourth-order valence-electron chi connectivity index (χ4n) is 2.98. The van der Waals surface area contributed by atoms with Gasteiger partial charge < -0.3 is 10.0 Å². The van der Waals surface area contributed by atoms with Gasteiger partial charge in [0.15, 0.2) is 0 Å². The molecule has 0 amide bonds. The van der Waals surface area contributed by atoms with Gasteiger partial charge in [-0.2, -0.15) is 0 Å². The highest BCUT2D eigenvalue weighted by Crippen LogP contribution is 2.23. The normalized spacial score (nSPS) is 17.4. The van der Waals surface area contributed by atoms with Crippen LogP contribution in [0.1, 0.15) is 71.1 Å². The average molecular weight is 292 g/mol. The molecular formula is C16H34ClNO. The molecule has 1 rings (SSSR count). The van der Waals surface area contributed by atoms with Crippen LogP contribution in [0.15, 0.2) is 0 Å². The smallest absolute Gasteiger partial charge is 0.0431 e. The maximum atomic E-state index is 8.74. The molecule has 0 bridgehead atoms. The zero-order valence-electron chi connectivity index (χ0n) is 12.8. The Bertz CT molecular complexity index is 162. The molecule has 0 saturated carbocycles. The van der Waals surface area contributed by atoms with Gasteiger partial charge in [0.1, 0.15) is 0 Å². The van der Waals surface area contributed by atoms with Gasteiger partial charge in [-0.3, -0.25) is 0 Å². The number of piperidine rings is 1. The summed E-state index contributed by atoms with van der Waals surface area (Å²) in [7, 11) is 0. The fraction of sp³-hybridized carbons (Fsp3) is 1.00. The van der Waals surface area contributed by atoms with E-state index in [1.165, 1.54) is 77.4 Å². The summed E-state index contributed by atoms with van der Waals surface area (Å²) in [5.41, 5.74) is 0. The SMILES string of the molecule is CCCCCCC1CCN(CCCCCO)CC1.Cl. The van der Waals surface area contributed by atoms with Crippen molar-refractivity contribution < 1.29 is 5.11 Å². The second-order valence-electron chi connectivity index (χ2n) is 5.92. The molecule has 2 nitrogen and oxygen atoms in total. The first-order valence-corrected chi connectivity index (χ1v) is 8.20. The van der Waals surface area contributed by atoms with Crippen LogP contribution in [0.25, 0.3) is 0 Å². The zero-order chi connectivity index (χ0) is 13.1. The second-order valence-corrected chi connectivity index (χ2v) is 5.92. The van der Waals surface area contributed by atoms with Crippen LogP contribution in [0.3, 0.4) is 0 Å². The van der Waals surface area contributed by atoms with E-state index in [0.29, 0.717) is 6.61 Å². The first kappa shape index (κ1) is 19.2. The molecule has 1 fully saturated rings. The van der Waals surface area contributed by atoms with Crippen LogP contribution in [0.2, 0.25) is 0 Å². The minimum atomic E-state index is 0. The van der Waals surface area contributed by atoms with E-state index in [1.54, 1.807) is 0 Å². The summed E-state index contributed by atoms with van der Waals surface area (Å²) in [5, 5.41) is 8.74. The van der Waals surface area contributed by atoms with Gasteiger partial charge in [-0.05, 0) is 57.7 Å². The largest absolute Gasteiger partial charge is 0.396 e. The Morgan fingerprint density at radius 1 is 0.947 bits per heavy atom. The average Bonchev–Trinajstić information content (AvgIpc) is 2.41. The van der Waals surface area contributed by atoms with Crippen molar-refractivity contribution in [1.82, 2.24) is 4.90 Å². The summed E-state index contributed by atoms with van der Waals surface area (Å²) in [6.07, 6.45) is 13.4. The molecule has 3 heteroatoms. The van der Waals surface area contributed by atoms with E-state index in [0.717, 1.165) is 12.3 Å². The van der Waals surface area contributed by atoms with Gasteiger partial charge in [0.2, 0.25) is 0 Å². The lowest BCUT2D eigenvalue weighted by Gasteiger charge is -2.32. The molecule has 0 aromatic heterocycles. The van der Waals surface area contributed by atoms with Crippen LogP contribution in [0.5, 0.6) is 0 Å². The lowest BCUT2D eigenvalue weighted by atomic mass is 9.91. The van der Waals surface area contributed by atoms with Crippen molar-refractivity contribution in [1.29, 1.82) is 0 Å². The number of hydrogen-bond donors (Lipinski definition) is 1. The van der Waals surface area contributed by atoms with Gasteiger partial charge in [0.25, 0.3) is 0 Å². The number of hydrogen-bond acceptors (Lipinski definition) is 2. The van der Waals surface area contributed by atoms with Gasteiger partial charge in [-0.25, -0.2) is 0 Å². The molecule has 0 radical (unpaired) electrons. The predicted molar refractivity (Wildman–Crippen MR) is 86.1 cm³/mol. The Balaban J connectivity index is 0.00000324. The fourth-order valence-corrected chi connectivity index (χ4v) is 2.98. The van der Waals surface area contributed by atoms with E-state index >= 15 is 0 Å². The molecule has 1 aliphatic rings. The summed E-state index contributed by atoms with van der Waals surface area (Å²) in [5.74, 6) is 1.01. The molecule has 0 spiro atoms. The third-order valence-electron chi connectivity index (χ3n) is 4.31. The van der Waals surface area contributed by atoms with E-state index in [1.807, 2.05) is 0 Å². The lowest BCUT2D eigenvalue weighted by molar-refractivity contribution is 0.172. The highest BCUT2D eigenvalue weighted by atomic mass is 35.5. The molecule has 1 aliphatic heterocycles. The Hall–Kier alpha value is 0.210. The van der Waals surface area contributed by atoms with Crippen molar-refractivity contribution in [2.75, 3.05) is 26.2 Å². The van der Waals surface area contributed by atoms with E-state index in [9.17, 15) is 0 Å². The van der Waals surface area contributed by atoms with Crippen LogP contribution < -0.4 is 0 Å². The summed E-state index contributed by atoms with van der Waals surface area (Å²) in [6.45, 7) is 6.53. The van der Waals surface area contributed by atoms with Crippen LogP contribution >= 0.6 is 12.4 Å². The molecule has 0 unspecified atom stereocenters. The van der Waals surface area contributed by atoms with E-state index in [2.05, 4.69) is 11.8 Å². The van der Waals surface area contributed by atoms with E-state index in [-0.39, 0.29) is 12.4 Å². The lowest BCUT2D eigenvalue weighted by Crippen LogP contribution is -2.34. The standard InChI is InChI=1S/C16H33NO.ClH/c1-2-3-4-6-9-16-10-13-17(14-11-16)12-7-5-8-15-18;/h16,18H,2-15H2,1H3;1H. The molecule has 0 aromatic carbocycles. The van der Waals surface area contributed by atoms with Crippen LogP contribution in [0, 0.1) is 5.92 Å². The van der Waals surface area contributed by atoms with Crippen molar-refractivity contribution in [3.8, 4) is 0 Å². The van der Waals surface area contributed by atoms with Crippen molar-refractivity contribution >= 4 is 12.4 Å². The molecule has 0 aliphatic carbocycles. The van der Waals surface area contributed by atoms with Crippen molar-refractivity contribution in [3.05, 3.63) is 0 Å². The Morgan fingerprint density at radius 2 is 1.63 bits per heavy atom. The first-order valence-electron chi connectivity index (χ1n) is 8.20. The summed E-state index contributed by atoms with van der Waals surface area (Å²) in [4.78, 5) is 2.62. The van der Waals surface area contributed by atoms with E-state index in [4.69, 9.17) is 5.11 Å². The third-order valence-corrected chi connectivity index (χ3v) is 4.31. The van der Waals surface area contributed by atoms with Crippen LogP contribution in [-0.2, 0) is 0 Å². The van der Waals surface area contributed by atoms with Gasteiger partial charge in [-0.15, -0.1) is 12.4 Å². The number of halogens is 1. The van der Waals surface area contributed by atoms with Gasteiger partial charge in [0, 0.05) is 6.61 Å². The molecule has 1 heterocycles. The van der Waals surface area contributed by atoms with Gasteiger partial charge >= 0.3 is 0 Å². The topological polar surface area (TPSA) is 23.5 Å². The number of likely N-dealkylation sites (tertiary alicyclic amines) is 1.